The number of alkyl halides is 4. The third-order valence-electron chi connectivity index (χ3n) is 16.6. The molecule has 0 aromatic carbocycles. The Morgan fingerprint density at radius 3 is 0.896 bits per heavy atom. The minimum Gasteiger partial charge on any atom is -0.206 e. The maximum Gasteiger partial charge on any atom is 0.260 e. The predicted octanol–water partition coefficient (Wildman–Crippen LogP) is 16.7. The molecule has 0 amide bonds. The third kappa shape index (κ3) is 6.95. The molecule has 0 aliphatic carbocycles. The fraction of sp³-hybridized carbons (Fsp3) is 1.00. The highest BCUT2D eigenvalue weighted by atomic mass is 19.3. The van der Waals surface area contributed by atoms with Gasteiger partial charge in [-0.15, -0.1) is 0 Å². The van der Waals surface area contributed by atoms with Crippen LogP contribution in [0.1, 0.15) is 226 Å². The summed E-state index contributed by atoms with van der Waals surface area (Å²) in [6.07, 6.45) is 10.2. The molecular weight excluding hydrogens is 604 g/mol. The van der Waals surface area contributed by atoms with E-state index in [0.717, 1.165) is 32.1 Å². The molecule has 290 valence electrons. The van der Waals surface area contributed by atoms with Gasteiger partial charge in [0, 0.05) is 22.2 Å². The Hall–Kier alpha value is -0.280. The Bertz CT molecular complexity index is 856. The molecule has 0 aliphatic heterocycles. The van der Waals surface area contributed by atoms with Gasteiger partial charge in [-0.05, 0) is 125 Å². The van der Waals surface area contributed by atoms with Crippen molar-refractivity contribution in [1.82, 2.24) is 0 Å². The van der Waals surface area contributed by atoms with Crippen molar-refractivity contribution in [2.45, 2.75) is 238 Å². The summed E-state index contributed by atoms with van der Waals surface area (Å²) in [5.74, 6) is -6.20. The molecule has 48 heavy (non-hydrogen) atoms. The van der Waals surface area contributed by atoms with Gasteiger partial charge in [0.15, 0.2) is 0 Å². The summed E-state index contributed by atoms with van der Waals surface area (Å²) in [7, 11) is 0. The van der Waals surface area contributed by atoms with Crippen LogP contribution >= 0.6 is 0 Å². The van der Waals surface area contributed by atoms with Crippen LogP contribution in [0.2, 0.25) is 0 Å². The first kappa shape index (κ1) is 47.7. The van der Waals surface area contributed by atoms with Crippen LogP contribution in [0.5, 0.6) is 0 Å². The fourth-order valence-electron chi connectivity index (χ4n) is 12.9. The van der Waals surface area contributed by atoms with Gasteiger partial charge in [0.2, 0.25) is 0 Å². The number of hydrogen-bond donors (Lipinski definition) is 0. The molecule has 0 spiro atoms. The van der Waals surface area contributed by atoms with Crippen LogP contribution in [0.3, 0.4) is 0 Å². The second kappa shape index (κ2) is 19.0. The summed E-state index contributed by atoms with van der Waals surface area (Å²) in [6, 6.07) is 0. The van der Waals surface area contributed by atoms with Crippen LogP contribution in [0.4, 0.5) is 17.6 Å². The van der Waals surface area contributed by atoms with E-state index in [1.54, 1.807) is 0 Å². The third-order valence-corrected chi connectivity index (χ3v) is 16.6. The zero-order valence-corrected chi connectivity index (χ0v) is 35.4. The van der Waals surface area contributed by atoms with Crippen molar-refractivity contribution >= 4 is 0 Å². The highest BCUT2D eigenvalue weighted by molar-refractivity contribution is 5.17. The van der Waals surface area contributed by atoms with Gasteiger partial charge in [0.25, 0.3) is 11.8 Å². The summed E-state index contributed by atoms with van der Waals surface area (Å²) in [6.45, 7) is 32.8. The molecule has 0 rings (SSSR count). The standard InChI is InChI=1S/C44H86F4/c1-17-35(18-2)33-37(21-5,22-6)41(29-13,30-14)44(47,48)42(31-15,32-16)39(25-9,26-10)34-38(23-7,24-8)40(27-11,28-12)43(45,46)36(19-3)20-4/h35-36H,17-34H2,1-16H3. The summed E-state index contributed by atoms with van der Waals surface area (Å²) < 4.78 is 72.7. The predicted molar refractivity (Wildman–Crippen MR) is 205 cm³/mol. The van der Waals surface area contributed by atoms with E-state index in [-0.39, 0.29) is 0 Å². The molecular formula is C44H86F4. The first-order valence-corrected chi connectivity index (χ1v) is 21.2. The Morgan fingerprint density at radius 1 is 0.354 bits per heavy atom. The molecule has 0 radical (unpaired) electrons. The van der Waals surface area contributed by atoms with Gasteiger partial charge < -0.3 is 0 Å². The average Bonchev–Trinajstić information content (AvgIpc) is 3.10. The van der Waals surface area contributed by atoms with Gasteiger partial charge in [-0.25, -0.2) is 17.6 Å². The minimum atomic E-state index is -3.00. The molecule has 0 aromatic rings. The van der Waals surface area contributed by atoms with E-state index in [0.29, 0.717) is 89.4 Å². The van der Waals surface area contributed by atoms with Gasteiger partial charge in [-0.3, -0.25) is 0 Å². The lowest BCUT2D eigenvalue weighted by molar-refractivity contribution is -0.308. The number of hydrogen-bond acceptors (Lipinski definition) is 0. The van der Waals surface area contributed by atoms with Crippen molar-refractivity contribution in [2.75, 3.05) is 0 Å². The van der Waals surface area contributed by atoms with Crippen molar-refractivity contribution in [3.63, 3.8) is 0 Å². The molecule has 0 saturated carbocycles. The van der Waals surface area contributed by atoms with Crippen molar-refractivity contribution in [2.24, 2.45) is 44.3 Å². The van der Waals surface area contributed by atoms with Crippen molar-refractivity contribution in [3.05, 3.63) is 0 Å². The SMILES string of the molecule is CCC(CC)CC(CC)(CC)C(CC)(CC)C(F)(F)C(CC)(CC)C(CC)(CC)CC(CC)(CC)C(CC)(CC)C(F)(F)C(CC)CC. The van der Waals surface area contributed by atoms with E-state index in [1.165, 1.54) is 0 Å². The second-order valence-electron chi connectivity index (χ2n) is 16.1. The van der Waals surface area contributed by atoms with Crippen LogP contribution < -0.4 is 0 Å². The van der Waals surface area contributed by atoms with Crippen molar-refractivity contribution in [1.29, 1.82) is 0 Å². The number of halogens is 4. The van der Waals surface area contributed by atoms with Crippen LogP contribution in [0, 0.1) is 44.3 Å². The van der Waals surface area contributed by atoms with Gasteiger partial charge in [0.1, 0.15) is 0 Å². The largest absolute Gasteiger partial charge is 0.260 e. The topological polar surface area (TPSA) is 0 Å². The zero-order valence-electron chi connectivity index (χ0n) is 35.4. The van der Waals surface area contributed by atoms with E-state index in [2.05, 4.69) is 55.4 Å². The van der Waals surface area contributed by atoms with E-state index in [4.69, 9.17) is 0 Å². The molecule has 0 unspecified atom stereocenters. The van der Waals surface area contributed by atoms with Crippen LogP contribution in [-0.4, -0.2) is 11.8 Å². The Kier molecular flexibility index (Phi) is 18.9. The normalized spacial score (nSPS) is 14.9. The first-order chi connectivity index (χ1) is 22.4. The maximum absolute atomic E-state index is 19.0. The summed E-state index contributed by atoms with van der Waals surface area (Å²) in [5.41, 5.74) is -5.87. The van der Waals surface area contributed by atoms with Gasteiger partial charge in [-0.2, -0.15) is 0 Å². The van der Waals surface area contributed by atoms with E-state index in [9.17, 15) is 0 Å². The highest BCUT2D eigenvalue weighted by Crippen LogP contribution is 2.74. The molecule has 0 N–H and O–H groups in total. The average molecular weight is 691 g/mol. The minimum absolute atomic E-state index is 0.353. The molecule has 0 heterocycles. The summed E-state index contributed by atoms with van der Waals surface area (Å²) in [5, 5.41) is 0. The van der Waals surface area contributed by atoms with Crippen LogP contribution in [0.25, 0.3) is 0 Å². The monoisotopic (exact) mass is 691 g/mol. The Labute approximate surface area is 299 Å². The van der Waals surface area contributed by atoms with Crippen molar-refractivity contribution < 1.29 is 17.6 Å². The van der Waals surface area contributed by atoms with Gasteiger partial charge in [0.05, 0.1) is 0 Å². The van der Waals surface area contributed by atoms with E-state index < -0.39 is 50.3 Å². The molecule has 0 saturated heterocycles. The number of rotatable bonds is 27. The summed E-state index contributed by atoms with van der Waals surface area (Å²) in [4.78, 5) is 0. The molecule has 0 aromatic heterocycles. The van der Waals surface area contributed by atoms with Crippen LogP contribution in [0.15, 0.2) is 0 Å². The molecule has 0 aliphatic rings. The van der Waals surface area contributed by atoms with Gasteiger partial charge >= 0.3 is 0 Å². The molecule has 0 atom stereocenters. The summed E-state index contributed by atoms with van der Waals surface area (Å²) >= 11 is 0. The van der Waals surface area contributed by atoms with Crippen molar-refractivity contribution in [3.8, 4) is 0 Å². The van der Waals surface area contributed by atoms with Gasteiger partial charge in [-0.1, -0.05) is 124 Å². The van der Waals surface area contributed by atoms with Crippen LogP contribution in [-0.2, 0) is 0 Å². The lowest BCUT2D eigenvalue weighted by Gasteiger charge is -2.66. The Balaban J connectivity index is 8.35. The van der Waals surface area contributed by atoms with E-state index in [1.807, 2.05) is 55.4 Å². The lowest BCUT2D eigenvalue weighted by Crippen LogP contribution is -2.66. The first-order valence-electron chi connectivity index (χ1n) is 21.2. The fourth-order valence-corrected chi connectivity index (χ4v) is 12.9. The molecule has 0 nitrogen and oxygen atoms in total. The quantitative estimate of drug-likeness (QED) is 0.0753. The van der Waals surface area contributed by atoms with E-state index >= 15 is 17.6 Å². The molecule has 0 fully saturated rings. The maximum atomic E-state index is 19.0. The molecule has 0 bridgehead atoms. The molecule has 4 heteroatoms. The highest BCUT2D eigenvalue weighted by Gasteiger charge is 2.74. The lowest BCUT2D eigenvalue weighted by atomic mass is 9.40. The smallest absolute Gasteiger partial charge is 0.206 e. The zero-order chi connectivity index (χ0) is 37.9. The Morgan fingerprint density at radius 2 is 0.646 bits per heavy atom. The second-order valence-corrected chi connectivity index (χ2v) is 16.1.